The lowest BCUT2D eigenvalue weighted by atomic mass is 9.78. The molecule has 3 aliphatic rings. The Balaban J connectivity index is 1.20. The summed E-state index contributed by atoms with van der Waals surface area (Å²) in [4.78, 5) is 28.3. The van der Waals surface area contributed by atoms with Crippen LogP contribution in [-0.4, -0.2) is 61.7 Å². The number of likely N-dealkylation sites (tertiary alicyclic amines) is 1. The summed E-state index contributed by atoms with van der Waals surface area (Å²) in [6.07, 6.45) is 6.11. The number of rotatable bonds is 5. The van der Waals surface area contributed by atoms with Crippen LogP contribution in [0.25, 0.3) is 0 Å². The van der Waals surface area contributed by atoms with Crippen molar-refractivity contribution >= 4 is 33.2 Å². The van der Waals surface area contributed by atoms with E-state index in [0.29, 0.717) is 36.0 Å². The fraction of sp³-hybridized carbons (Fsp3) is 0.538. The van der Waals surface area contributed by atoms with Gasteiger partial charge in [-0.05, 0) is 61.1 Å². The predicted molar refractivity (Wildman–Crippen MR) is 136 cm³/mol. The maximum absolute atomic E-state index is 13.6. The lowest BCUT2D eigenvalue weighted by Crippen LogP contribution is -2.50. The second-order valence-electron chi connectivity index (χ2n) is 10.2. The maximum atomic E-state index is 13.6. The van der Waals surface area contributed by atoms with Gasteiger partial charge in [0.05, 0.1) is 5.92 Å². The van der Waals surface area contributed by atoms with Crippen LogP contribution >= 0.6 is 11.3 Å². The van der Waals surface area contributed by atoms with Crippen LogP contribution in [0.1, 0.15) is 55.3 Å². The monoisotopic (exact) mass is 515 g/mol. The van der Waals surface area contributed by atoms with Gasteiger partial charge in [0.15, 0.2) is 0 Å². The third kappa shape index (κ3) is 5.04. The molecule has 3 fully saturated rings. The van der Waals surface area contributed by atoms with E-state index in [1.165, 1.54) is 11.3 Å². The first-order valence-electron chi connectivity index (χ1n) is 12.6. The van der Waals surface area contributed by atoms with Crippen molar-refractivity contribution in [1.82, 2.24) is 14.5 Å². The molecule has 0 bridgehead atoms. The van der Waals surface area contributed by atoms with Gasteiger partial charge in [0.25, 0.3) is 15.9 Å². The fourth-order valence-electron chi connectivity index (χ4n) is 5.94. The molecular weight excluding hydrogens is 482 g/mol. The van der Waals surface area contributed by atoms with Crippen LogP contribution < -0.4 is 5.32 Å². The van der Waals surface area contributed by atoms with Crippen molar-refractivity contribution in [3.05, 3.63) is 53.4 Å². The quantitative estimate of drug-likeness (QED) is 0.657. The highest BCUT2D eigenvalue weighted by molar-refractivity contribution is 7.91. The SMILES string of the molecule is O=C(N[C@@H]1CCCC[C@@H]1C(=O)N1CCC2(CCN(S(=O)(=O)c3cccs3)CC2)C1)c1ccccc1. The Morgan fingerprint density at radius 3 is 2.37 bits per heavy atom. The zero-order chi connectivity index (χ0) is 24.5. The minimum Gasteiger partial charge on any atom is -0.349 e. The van der Waals surface area contributed by atoms with E-state index < -0.39 is 10.0 Å². The van der Waals surface area contributed by atoms with Crippen LogP contribution in [0.2, 0.25) is 0 Å². The normalized spacial score (nSPS) is 25.0. The fourth-order valence-corrected chi connectivity index (χ4v) is 8.53. The number of nitrogens with zero attached hydrogens (tertiary/aromatic N) is 2. The van der Waals surface area contributed by atoms with Gasteiger partial charge in [-0.2, -0.15) is 4.31 Å². The van der Waals surface area contributed by atoms with E-state index in [0.717, 1.165) is 44.9 Å². The van der Waals surface area contributed by atoms with Crippen LogP contribution in [0.3, 0.4) is 0 Å². The van der Waals surface area contributed by atoms with Gasteiger partial charge >= 0.3 is 0 Å². The van der Waals surface area contributed by atoms with Gasteiger partial charge in [-0.15, -0.1) is 11.3 Å². The van der Waals surface area contributed by atoms with Crippen LogP contribution in [0, 0.1) is 11.3 Å². The molecule has 3 heterocycles. The Labute approximate surface area is 211 Å². The highest BCUT2D eigenvalue weighted by Crippen LogP contribution is 2.42. The molecule has 5 rings (SSSR count). The summed E-state index contributed by atoms with van der Waals surface area (Å²) in [5, 5.41) is 4.93. The van der Waals surface area contributed by atoms with Gasteiger partial charge < -0.3 is 10.2 Å². The molecule has 1 aliphatic carbocycles. The zero-order valence-corrected chi connectivity index (χ0v) is 21.5. The van der Waals surface area contributed by atoms with Crippen molar-refractivity contribution in [1.29, 1.82) is 0 Å². The molecule has 1 saturated carbocycles. The van der Waals surface area contributed by atoms with E-state index >= 15 is 0 Å². The van der Waals surface area contributed by atoms with Crippen LogP contribution in [0.15, 0.2) is 52.1 Å². The minimum absolute atomic E-state index is 0.00538. The first-order chi connectivity index (χ1) is 16.9. The summed E-state index contributed by atoms with van der Waals surface area (Å²) in [6, 6.07) is 12.5. The number of sulfonamides is 1. The Kier molecular flexibility index (Phi) is 7.01. The third-order valence-electron chi connectivity index (χ3n) is 8.06. The smallest absolute Gasteiger partial charge is 0.252 e. The Bertz CT molecular complexity index is 1140. The molecule has 0 unspecified atom stereocenters. The van der Waals surface area contributed by atoms with Gasteiger partial charge in [0.1, 0.15) is 4.21 Å². The second kappa shape index (κ2) is 10.0. The van der Waals surface area contributed by atoms with E-state index in [1.54, 1.807) is 34.0 Å². The molecule has 1 aromatic heterocycles. The molecule has 2 aromatic rings. The molecule has 9 heteroatoms. The topological polar surface area (TPSA) is 86.8 Å². The minimum atomic E-state index is -3.42. The van der Waals surface area contributed by atoms with Crippen molar-refractivity contribution in [3.63, 3.8) is 0 Å². The summed E-state index contributed by atoms with van der Waals surface area (Å²) < 4.78 is 27.8. The van der Waals surface area contributed by atoms with E-state index in [2.05, 4.69) is 5.32 Å². The highest BCUT2D eigenvalue weighted by atomic mass is 32.2. The van der Waals surface area contributed by atoms with Crippen LogP contribution in [0.4, 0.5) is 0 Å². The summed E-state index contributed by atoms with van der Waals surface area (Å²) in [7, 11) is -3.42. The molecular formula is C26H33N3O4S2. The van der Waals surface area contributed by atoms with Gasteiger partial charge in [-0.1, -0.05) is 37.1 Å². The number of piperidine rings is 1. The Hall–Kier alpha value is -2.23. The molecule has 35 heavy (non-hydrogen) atoms. The number of amides is 2. The van der Waals surface area contributed by atoms with E-state index in [-0.39, 0.29) is 29.2 Å². The van der Waals surface area contributed by atoms with Crippen molar-refractivity contribution in [2.24, 2.45) is 11.3 Å². The molecule has 188 valence electrons. The van der Waals surface area contributed by atoms with Gasteiger partial charge in [0, 0.05) is 37.8 Å². The van der Waals surface area contributed by atoms with E-state index in [1.807, 2.05) is 23.1 Å². The number of carbonyl (C=O) groups is 2. The average Bonchev–Trinajstić information content (AvgIpc) is 3.56. The van der Waals surface area contributed by atoms with E-state index in [4.69, 9.17) is 0 Å². The second-order valence-corrected chi connectivity index (χ2v) is 13.3. The largest absolute Gasteiger partial charge is 0.349 e. The van der Waals surface area contributed by atoms with E-state index in [9.17, 15) is 18.0 Å². The number of thiophene rings is 1. The number of nitrogens with one attached hydrogen (secondary N) is 1. The van der Waals surface area contributed by atoms with Gasteiger partial charge in [-0.25, -0.2) is 8.42 Å². The molecule has 1 N–H and O–H groups in total. The molecule has 0 radical (unpaired) electrons. The van der Waals surface area contributed by atoms with Crippen molar-refractivity contribution in [2.45, 2.75) is 55.2 Å². The Morgan fingerprint density at radius 1 is 0.943 bits per heavy atom. The summed E-state index contributed by atoms with van der Waals surface area (Å²) in [6.45, 7) is 2.41. The number of hydrogen-bond donors (Lipinski definition) is 1. The van der Waals surface area contributed by atoms with Crippen molar-refractivity contribution < 1.29 is 18.0 Å². The lowest BCUT2D eigenvalue weighted by molar-refractivity contribution is -0.136. The Morgan fingerprint density at radius 2 is 1.66 bits per heavy atom. The molecule has 1 aromatic carbocycles. The summed E-state index contributed by atoms with van der Waals surface area (Å²) >= 11 is 1.26. The van der Waals surface area contributed by atoms with Gasteiger partial charge in [-0.3, -0.25) is 9.59 Å². The maximum Gasteiger partial charge on any atom is 0.252 e. The zero-order valence-electron chi connectivity index (χ0n) is 19.9. The summed E-state index contributed by atoms with van der Waals surface area (Å²) in [5.74, 6) is -0.160. The van der Waals surface area contributed by atoms with Gasteiger partial charge in [0.2, 0.25) is 5.91 Å². The number of benzene rings is 1. The molecule has 1 spiro atoms. The molecule has 7 nitrogen and oxygen atoms in total. The van der Waals surface area contributed by atoms with Crippen LogP contribution in [-0.2, 0) is 14.8 Å². The van der Waals surface area contributed by atoms with Crippen molar-refractivity contribution in [3.8, 4) is 0 Å². The predicted octanol–water partition coefficient (Wildman–Crippen LogP) is 3.74. The third-order valence-corrected chi connectivity index (χ3v) is 11.3. The summed E-state index contributed by atoms with van der Waals surface area (Å²) in [5.41, 5.74) is 0.614. The first kappa shape index (κ1) is 24.5. The molecule has 2 aliphatic heterocycles. The molecule has 2 atom stereocenters. The number of carbonyl (C=O) groups excluding carboxylic acids is 2. The molecule has 2 saturated heterocycles. The standard InChI is InChI=1S/C26H33N3O4S2/c30-24(20-7-2-1-3-8-20)27-22-10-5-4-9-21(22)25(31)28-15-12-26(19-28)13-16-29(17-14-26)35(32,33)23-11-6-18-34-23/h1-3,6-8,11,18,21-22H,4-5,9-10,12-17,19H2,(H,27,30)/t21-,22+/m0/s1. The number of hydrogen-bond acceptors (Lipinski definition) is 5. The average molecular weight is 516 g/mol. The van der Waals surface area contributed by atoms with Crippen molar-refractivity contribution in [2.75, 3.05) is 26.2 Å². The lowest BCUT2D eigenvalue weighted by Gasteiger charge is -2.39. The van der Waals surface area contributed by atoms with Crippen LogP contribution in [0.5, 0.6) is 0 Å². The first-order valence-corrected chi connectivity index (χ1v) is 14.9. The molecule has 2 amide bonds. The highest BCUT2D eigenvalue weighted by Gasteiger charge is 2.46.